The second kappa shape index (κ2) is 6.21. The second-order valence-electron chi connectivity index (χ2n) is 4.52. The lowest BCUT2D eigenvalue weighted by atomic mass is 10.1. The van der Waals surface area contributed by atoms with E-state index in [4.69, 9.17) is 0 Å². The van der Waals surface area contributed by atoms with Crippen molar-refractivity contribution < 1.29 is 4.92 Å². The minimum Gasteiger partial charge on any atom is -0.307 e. The van der Waals surface area contributed by atoms with Crippen LogP contribution in [0, 0.1) is 24.0 Å². The maximum absolute atomic E-state index is 10.9. The third kappa shape index (κ3) is 3.36. The molecule has 20 heavy (non-hydrogen) atoms. The van der Waals surface area contributed by atoms with E-state index in [1.807, 2.05) is 19.1 Å². The summed E-state index contributed by atoms with van der Waals surface area (Å²) in [5, 5.41) is 14.1. The van der Waals surface area contributed by atoms with Crippen molar-refractivity contribution in [3.8, 4) is 0 Å². The predicted octanol–water partition coefficient (Wildman–Crippen LogP) is 2.29. The minimum atomic E-state index is -0.355. The SMILES string of the molecule is Cc1nccc(CNCc2cccc([N+](=O)[O-])c2C)n1. The lowest BCUT2D eigenvalue weighted by Gasteiger charge is -2.08. The van der Waals surface area contributed by atoms with Gasteiger partial charge in [-0.05, 0) is 25.5 Å². The van der Waals surface area contributed by atoms with Crippen molar-refractivity contribution in [1.82, 2.24) is 15.3 Å². The lowest BCUT2D eigenvalue weighted by Crippen LogP contribution is -2.15. The Balaban J connectivity index is 2.01. The minimum absolute atomic E-state index is 0.155. The molecule has 1 aromatic heterocycles. The van der Waals surface area contributed by atoms with Crippen LogP contribution in [0.3, 0.4) is 0 Å². The Hall–Kier alpha value is -2.34. The third-order valence-electron chi connectivity index (χ3n) is 3.07. The molecule has 0 bridgehead atoms. The Morgan fingerprint density at radius 3 is 2.75 bits per heavy atom. The van der Waals surface area contributed by atoms with Gasteiger partial charge in [-0.15, -0.1) is 0 Å². The van der Waals surface area contributed by atoms with Crippen LogP contribution >= 0.6 is 0 Å². The van der Waals surface area contributed by atoms with Crippen molar-refractivity contribution in [2.24, 2.45) is 0 Å². The summed E-state index contributed by atoms with van der Waals surface area (Å²) >= 11 is 0. The first kappa shape index (κ1) is 14.1. The van der Waals surface area contributed by atoms with E-state index in [2.05, 4.69) is 15.3 Å². The first-order valence-corrected chi connectivity index (χ1v) is 6.30. The number of aromatic nitrogens is 2. The van der Waals surface area contributed by atoms with E-state index in [1.165, 1.54) is 6.07 Å². The van der Waals surface area contributed by atoms with Crippen molar-refractivity contribution in [3.63, 3.8) is 0 Å². The topological polar surface area (TPSA) is 81.0 Å². The molecule has 6 nitrogen and oxygen atoms in total. The van der Waals surface area contributed by atoms with Gasteiger partial charge in [0.15, 0.2) is 0 Å². The van der Waals surface area contributed by atoms with Crippen LogP contribution in [0.2, 0.25) is 0 Å². The fraction of sp³-hybridized carbons (Fsp3) is 0.286. The zero-order valence-corrected chi connectivity index (χ0v) is 11.5. The fourth-order valence-electron chi connectivity index (χ4n) is 1.99. The molecule has 0 saturated carbocycles. The highest BCUT2D eigenvalue weighted by molar-refractivity contribution is 5.44. The highest BCUT2D eigenvalue weighted by atomic mass is 16.6. The van der Waals surface area contributed by atoms with E-state index in [0.717, 1.165) is 17.1 Å². The Labute approximate surface area is 117 Å². The number of nitrogens with zero attached hydrogens (tertiary/aromatic N) is 3. The van der Waals surface area contributed by atoms with Crippen molar-refractivity contribution in [2.75, 3.05) is 0 Å². The van der Waals surface area contributed by atoms with Crippen LogP contribution in [0.15, 0.2) is 30.5 Å². The molecule has 1 aromatic carbocycles. The average Bonchev–Trinajstić information content (AvgIpc) is 2.40. The second-order valence-corrected chi connectivity index (χ2v) is 4.52. The molecule has 2 aromatic rings. The van der Waals surface area contributed by atoms with E-state index in [1.54, 1.807) is 19.2 Å². The maximum Gasteiger partial charge on any atom is 0.272 e. The van der Waals surface area contributed by atoms with Gasteiger partial charge in [-0.1, -0.05) is 12.1 Å². The lowest BCUT2D eigenvalue weighted by molar-refractivity contribution is -0.385. The summed E-state index contributed by atoms with van der Waals surface area (Å²) in [6.07, 6.45) is 1.72. The Bertz CT molecular complexity index is 628. The number of hydrogen-bond acceptors (Lipinski definition) is 5. The summed E-state index contributed by atoms with van der Waals surface area (Å²) in [7, 11) is 0. The summed E-state index contributed by atoms with van der Waals surface area (Å²) in [6.45, 7) is 4.78. The van der Waals surface area contributed by atoms with Crippen molar-refractivity contribution >= 4 is 5.69 Å². The van der Waals surface area contributed by atoms with Crippen LogP contribution < -0.4 is 5.32 Å². The summed E-state index contributed by atoms with van der Waals surface area (Å²) in [5.74, 6) is 0.732. The van der Waals surface area contributed by atoms with E-state index < -0.39 is 0 Å². The molecule has 104 valence electrons. The summed E-state index contributed by atoms with van der Waals surface area (Å²) < 4.78 is 0. The Kier molecular flexibility index (Phi) is 4.37. The van der Waals surface area contributed by atoms with Crippen LogP contribution in [0.4, 0.5) is 5.69 Å². The number of rotatable bonds is 5. The first-order chi connectivity index (χ1) is 9.58. The number of nitrogens with one attached hydrogen (secondary N) is 1. The van der Waals surface area contributed by atoms with Gasteiger partial charge in [-0.2, -0.15) is 0 Å². The van der Waals surface area contributed by atoms with Crippen molar-refractivity contribution in [3.05, 3.63) is 63.2 Å². The van der Waals surface area contributed by atoms with Gasteiger partial charge in [0.05, 0.1) is 10.6 Å². The largest absolute Gasteiger partial charge is 0.307 e. The molecule has 0 aliphatic carbocycles. The van der Waals surface area contributed by atoms with Crippen LogP contribution in [0.25, 0.3) is 0 Å². The Morgan fingerprint density at radius 2 is 2.05 bits per heavy atom. The smallest absolute Gasteiger partial charge is 0.272 e. The Morgan fingerprint density at radius 1 is 1.25 bits per heavy atom. The van der Waals surface area contributed by atoms with E-state index in [-0.39, 0.29) is 10.6 Å². The van der Waals surface area contributed by atoms with E-state index in [9.17, 15) is 10.1 Å². The number of nitro benzene ring substituents is 1. The van der Waals surface area contributed by atoms with Gasteiger partial charge in [-0.3, -0.25) is 10.1 Å². The van der Waals surface area contributed by atoms with Crippen molar-refractivity contribution in [1.29, 1.82) is 0 Å². The molecule has 6 heteroatoms. The normalized spacial score (nSPS) is 10.5. The van der Waals surface area contributed by atoms with Gasteiger partial charge in [0, 0.05) is 30.9 Å². The molecule has 0 saturated heterocycles. The molecule has 1 heterocycles. The van der Waals surface area contributed by atoms with Gasteiger partial charge in [0.25, 0.3) is 5.69 Å². The predicted molar refractivity (Wildman–Crippen MR) is 75.1 cm³/mol. The molecule has 0 amide bonds. The molecular formula is C14H16N4O2. The maximum atomic E-state index is 10.9. The van der Waals surface area contributed by atoms with Crippen LogP contribution in [-0.4, -0.2) is 14.9 Å². The third-order valence-corrected chi connectivity index (χ3v) is 3.07. The molecule has 2 rings (SSSR count). The molecule has 0 aliphatic heterocycles. The van der Waals surface area contributed by atoms with Gasteiger partial charge in [-0.25, -0.2) is 9.97 Å². The zero-order chi connectivity index (χ0) is 14.5. The number of hydrogen-bond donors (Lipinski definition) is 1. The zero-order valence-electron chi connectivity index (χ0n) is 11.5. The van der Waals surface area contributed by atoms with E-state index in [0.29, 0.717) is 18.7 Å². The van der Waals surface area contributed by atoms with Gasteiger partial charge < -0.3 is 5.32 Å². The molecule has 0 aliphatic rings. The summed E-state index contributed by atoms with van der Waals surface area (Å²) in [6, 6.07) is 6.96. The molecule has 0 unspecified atom stereocenters. The standard InChI is InChI=1S/C14H16N4O2/c1-10-12(4-3-5-14(10)18(19)20)8-15-9-13-6-7-16-11(2)17-13/h3-7,15H,8-9H2,1-2H3. The molecule has 1 N–H and O–H groups in total. The first-order valence-electron chi connectivity index (χ1n) is 6.30. The summed E-state index contributed by atoms with van der Waals surface area (Å²) in [5.41, 5.74) is 2.68. The molecule has 0 radical (unpaired) electrons. The van der Waals surface area contributed by atoms with Crippen LogP contribution in [-0.2, 0) is 13.1 Å². The highest BCUT2D eigenvalue weighted by Crippen LogP contribution is 2.20. The monoisotopic (exact) mass is 272 g/mol. The van der Waals surface area contributed by atoms with Crippen LogP contribution in [0.1, 0.15) is 22.6 Å². The quantitative estimate of drug-likeness (QED) is 0.667. The van der Waals surface area contributed by atoms with Gasteiger partial charge in [0.2, 0.25) is 0 Å². The number of nitro groups is 1. The number of benzene rings is 1. The average molecular weight is 272 g/mol. The van der Waals surface area contributed by atoms with E-state index >= 15 is 0 Å². The fourth-order valence-corrected chi connectivity index (χ4v) is 1.99. The molecule has 0 spiro atoms. The number of aryl methyl sites for hydroxylation is 1. The van der Waals surface area contributed by atoms with Gasteiger partial charge in [0.1, 0.15) is 5.82 Å². The van der Waals surface area contributed by atoms with Crippen molar-refractivity contribution in [2.45, 2.75) is 26.9 Å². The highest BCUT2D eigenvalue weighted by Gasteiger charge is 2.12. The van der Waals surface area contributed by atoms with Crippen LogP contribution in [0.5, 0.6) is 0 Å². The van der Waals surface area contributed by atoms with Gasteiger partial charge >= 0.3 is 0 Å². The molecule has 0 atom stereocenters. The summed E-state index contributed by atoms with van der Waals surface area (Å²) in [4.78, 5) is 18.8. The molecule has 0 fully saturated rings. The molecular weight excluding hydrogens is 256 g/mol.